The van der Waals surface area contributed by atoms with E-state index in [1.165, 1.54) is 66.0 Å². The number of nitrogens with zero attached hydrogens (tertiary/aromatic N) is 2. The zero-order valence-corrected chi connectivity index (χ0v) is 22.8. The van der Waals surface area contributed by atoms with E-state index >= 15 is 0 Å². The lowest BCUT2D eigenvalue weighted by molar-refractivity contribution is 0.540. The lowest BCUT2D eigenvalue weighted by Gasteiger charge is -2.33. The van der Waals surface area contributed by atoms with E-state index in [0.29, 0.717) is 0 Å². The Morgan fingerprint density at radius 2 is 1.21 bits per heavy atom. The number of hydrogen-bond donors (Lipinski definition) is 2. The third-order valence-electron chi connectivity index (χ3n) is 9.32. The zero-order valence-electron chi connectivity index (χ0n) is 22.8. The van der Waals surface area contributed by atoms with Crippen molar-refractivity contribution in [2.45, 2.75) is 12.2 Å². The maximum atomic E-state index is 3.92. The maximum Gasteiger partial charge on any atom is 0.129 e. The van der Waals surface area contributed by atoms with Crippen molar-refractivity contribution < 1.29 is 0 Å². The Hall–Kier alpha value is -5.48. The van der Waals surface area contributed by atoms with Gasteiger partial charge in [0.15, 0.2) is 0 Å². The van der Waals surface area contributed by atoms with Gasteiger partial charge in [0.05, 0.1) is 39.5 Å². The van der Waals surface area contributed by atoms with E-state index in [1.807, 2.05) is 0 Å². The second-order valence-corrected chi connectivity index (χ2v) is 11.5. The highest BCUT2D eigenvalue weighted by Gasteiger charge is 2.40. The molecule has 4 heterocycles. The molecule has 4 heteroatoms. The lowest BCUT2D eigenvalue weighted by atomic mass is 9.94. The van der Waals surface area contributed by atoms with Gasteiger partial charge < -0.3 is 19.8 Å². The molecule has 198 valence electrons. The molecule has 0 amide bonds. The number of nitrogens with one attached hydrogen (secondary N) is 2. The number of rotatable bonds is 2. The summed E-state index contributed by atoms with van der Waals surface area (Å²) in [4.78, 5) is 0. The molecule has 0 bridgehead atoms. The van der Waals surface area contributed by atoms with Crippen molar-refractivity contribution in [2.24, 2.45) is 0 Å². The molecule has 2 aromatic heterocycles. The van der Waals surface area contributed by atoms with Gasteiger partial charge in [0.25, 0.3) is 0 Å². The summed E-state index contributed by atoms with van der Waals surface area (Å²) < 4.78 is 5.02. The lowest BCUT2D eigenvalue weighted by Crippen LogP contribution is -2.29. The molecule has 0 aliphatic carbocycles. The fourth-order valence-electron chi connectivity index (χ4n) is 7.60. The van der Waals surface area contributed by atoms with Crippen LogP contribution < -0.4 is 10.6 Å². The minimum absolute atomic E-state index is 0.0629. The topological polar surface area (TPSA) is 33.9 Å². The van der Waals surface area contributed by atoms with Gasteiger partial charge in [-0.3, -0.25) is 0 Å². The number of benzene rings is 6. The van der Waals surface area contributed by atoms with Crippen molar-refractivity contribution in [3.63, 3.8) is 0 Å². The van der Waals surface area contributed by atoms with E-state index in [2.05, 4.69) is 153 Å². The molecule has 0 saturated heterocycles. The molecule has 8 aromatic rings. The molecular weight excluding hydrogens is 512 g/mol. The molecule has 0 radical (unpaired) electrons. The Morgan fingerprint density at radius 3 is 2.05 bits per heavy atom. The molecule has 4 nitrogen and oxygen atoms in total. The van der Waals surface area contributed by atoms with Crippen LogP contribution in [0.1, 0.15) is 17.8 Å². The molecule has 2 N–H and O–H groups in total. The predicted octanol–water partition coefficient (Wildman–Crippen LogP) is 9.65. The number of hydrogen-bond acceptors (Lipinski definition) is 2. The van der Waals surface area contributed by atoms with Gasteiger partial charge in [-0.25, -0.2) is 0 Å². The summed E-state index contributed by atoms with van der Waals surface area (Å²) in [6.07, 6.45) is 0.0629. The normalized spacial score (nSPS) is 17.0. The largest absolute Gasteiger partial charge is 0.373 e. The van der Waals surface area contributed by atoms with Gasteiger partial charge >= 0.3 is 0 Å². The van der Waals surface area contributed by atoms with Crippen LogP contribution in [0.4, 0.5) is 11.4 Å². The smallest absolute Gasteiger partial charge is 0.129 e. The quantitative estimate of drug-likeness (QED) is 0.230. The van der Waals surface area contributed by atoms with Gasteiger partial charge in [0, 0.05) is 32.8 Å². The van der Waals surface area contributed by atoms with Gasteiger partial charge in [0.1, 0.15) is 6.17 Å². The van der Waals surface area contributed by atoms with E-state index in [0.717, 1.165) is 11.4 Å². The van der Waals surface area contributed by atoms with Crippen molar-refractivity contribution in [3.05, 3.63) is 139 Å². The molecule has 6 aromatic carbocycles. The molecule has 2 aliphatic rings. The highest BCUT2D eigenvalue weighted by atomic mass is 15.3. The monoisotopic (exact) mass is 538 g/mol. The van der Waals surface area contributed by atoms with Crippen LogP contribution in [-0.4, -0.2) is 9.13 Å². The van der Waals surface area contributed by atoms with Crippen molar-refractivity contribution in [3.8, 4) is 16.8 Å². The van der Waals surface area contributed by atoms with Crippen molar-refractivity contribution in [1.82, 2.24) is 9.13 Å². The highest BCUT2D eigenvalue weighted by molar-refractivity contribution is 6.27. The first-order chi connectivity index (χ1) is 20.8. The van der Waals surface area contributed by atoms with Crippen molar-refractivity contribution in [1.29, 1.82) is 0 Å². The van der Waals surface area contributed by atoms with Crippen LogP contribution in [0.25, 0.3) is 60.4 Å². The predicted molar refractivity (Wildman–Crippen MR) is 175 cm³/mol. The van der Waals surface area contributed by atoms with E-state index < -0.39 is 0 Å². The van der Waals surface area contributed by atoms with Crippen LogP contribution in [0, 0.1) is 0 Å². The summed E-state index contributed by atoms with van der Waals surface area (Å²) in [6, 6.07) is 48.6. The highest BCUT2D eigenvalue weighted by Crippen LogP contribution is 2.53. The molecule has 2 aliphatic heterocycles. The third-order valence-corrected chi connectivity index (χ3v) is 9.32. The first kappa shape index (κ1) is 22.2. The Kier molecular flexibility index (Phi) is 4.26. The fourth-order valence-corrected chi connectivity index (χ4v) is 7.60. The zero-order chi connectivity index (χ0) is 27.4. The Labute approximate surface area is 242 Å². The summed E-state index contributed by atoms with van der Waals surface area (Å²) in [7, 11) is 0. The molecular formula is C38H26N4. The minimum Gasteiger partial charge on any atom is -0.373 e. The van der Waals surface area contributed by atoms with Gasteiger partial charge in [-0.1, -0.05) is 84.9 Å². The Balaban J connectivity index is 1.39. The van der Waals surface area contributed by atoms with Crippen LogP contribution in [0.2, 0.25) is 0 Å². The Bertz CT molecular complexity index is 2360. The molecule has 42 heavy (non-hydrogen) atoms. The molecule has 0 spiro atoms. The van der Waals surface area contributed by atoms with Crippen LogP contribution in [0.15, 0.2) is 133 Å². The van der Waals surface area contributed by atoms with Gasteiger partial charge in [-0.05, 0) is 59.7 Å². The first-order valence-corrected chi connectivity index (χ1v) is 14.6. The third kappa shape index (κ3) is 2.81. The average Bonchev–Trinajstić information content (AvgIpc) is 3.68. The van der Waals surface area contributed by atoms with E-state index in [1.54, 1.807) is 0 Å². The number of anilines is 2. The number of fused-ring (bicyclic) bond motifs is 11. The van der Waals surface area contributed by atoms with Crippen LogP contribution >= 0.6 is 0 Å². The van der Waals surface area contributed by atoms with E-state index in [9.17, 15) is 0 Å². The average molecular weight is 539 g/mol. The van der Waals surface area contributed by atoms with Crippen molar-refractivity contribution in [2.75, 3.05) is 10.6 Å². The van der Waals surface area contributed by atoms with Gasteiger partial charge in [0.2, 0.25) is 0 Å². The number of para-hydroxylation sites is 4. The standard InChI is InChI=1S/C38H26N4/c1-3-11-23(12-4-1)24-21-28-34-33(42-36(28)29(22-24)35-38(42)40-31-17-9-8-16-30(31)39-35)20-19-27-26-15-7-10-18-32(26)41(37(27)34)25-13-5-2-6-14-25/h1-22,35,38-40H. The maximum absolute atomic E-state index is 3.92. The fraction of sp³-hybridized carbons (Fsp3) is 0.0526. The molecule has 0 saturated carbocycles. The van der Waals surface area contributed by atoms with Crippen molar-refractivity contribution >= 4 is 55.0 Å². The van der Waals surface area contributed by atoms with Gasteiger partial charge in [-0.15, -0.1) is 0 Å². The summed E-state index contributed by atoms with van der Waals surface area (Å²) in [5.41, 5.74) is 12.4. The van der Waals surface area contributed by atoms with E-state index in [4.69, 9.17) is 0 Å². The van der Waals surface area contributed by atoms with Crippen LogP contribution in [-0.2, 0) is 0 Å². The summed E-state index contributed by atoms with van der Waals surface area (Å²) >= 11 is 0. The van der Waals surface area contributed by atoms with Gasteiger partial charge in [-0.2, -0.15) is 0 Å². The molecule has 2 unspecified atom stereocenters. The number of aromatic nitrogens is 2. The first-order valence-electron chi connectivity index (χ1n) is 14.6. The Morgan fingerprint density at radius 1 is 0.500 bits per heavy atom. The second-order valence-electron chi connectivity index (χ2n) is 11.5. The summed E-state index contributed by atoms with van der Waals surface area (Å²) in [6.45, 7) is 0. The minimum atomic E-state index is 0.0629. The molecule has 10 rings (SSSR count). The SMILES string of the molecule is c1ccc(-c2cc3c4c(c2)c2c5c(ccc2n4C2Nc4ccccc4NC32)c2ccccc2n5-c2ccccc2)cc1. The molecule has 2 atom stereocenters. The van der Waals surface area contributed by atoms with Crippen LogP contribution in [0.5, 0.6) is 0 Å². The molecule has 0 fully saturated rings. The summed E-state index contributed by atoms with van der Waals surface area (Å²) in [5.74, 6) is 0. The second kappa shape index (κ2) is 8.05. The van der Waals surface area contributed by atoms with Crippen LogP contribution in [0.3, 0.4) is 0 Å². The van der Waals surface area contributed by atoms with E-state index in [-0.39, 0.29) is 12.2 Å². The summed E-state index contributed by atoms with van der Waals surface area (Å²) in [5, 5.41) is 13.0.